The fraction of sp³-hybridized carbons (Fsp3) is 0.381. The van der Waals surface area contributed by atoms with Crippen LogP contribution >= 0.6 is 0 Å². The second-order valence-corrected chi connectivity index (χ2v) is 7.26. The van der Waals surface area contributed by atoms with E-state index in [1.165, 1.54) is 6.07 Å². The molecule has 1 fully saturated rings. The van der Waals surface area contributed by atoms with Gasteiger partial charge >= 0.3 is 6.18 Å². The van der Waals surface area contributed by atoms with E-state index in [4.69, 9.17) is 4.74 Å². The van der Waals surface area contributed by atoms with Crippen molar-refractivity contribution in [1.29, 1.82) is 0 Å². The van der Waals surface area contributed by atoms with Gasteiger partial charge in [0.05, 0.1) is 24.1 Å². The molecule has 2 aromatic heterocycles. The van der Waals surface area contributed by atoms with Crippen LogP contribution < -0.4 is 10.1 Å². The van der Waals surface area contributed by atoms with Crippen LogP contribution in [0, 0.1) is 6.92 Å². The van der Waals surface area contributed by atoms with Crippen molar-refractivity contribution in [3.05, 3.63) is 53.3 Å². The molecule has 0 radical (unpaired) electrons. The monoisotopic (exact) mass is 404 g/mol. The molecule has 0 amide bonds. The van der Waals surface area contributed by atoms with Crippen molar-refractivity contribution in [1.82, 2.24) is 19.6 Å². The van der Waals surface area contributed by atoms with Gasteiger partial charge in [-0.2, -0.15) is 13.2 Å². The number of aromatic nitrogens is 2. The van der Waals surface area contributed by atoms with E-state index in [-0.39, 0.29) is 0 Å². The predicted molar refractivity (Wildman–Crippen MR) is 105 cm³/mol. The van der Waals surface area contributed by atoms with E-state index in [0.29, 0.717) is 17.9 Å². The molecule has 0 aliphatic carbocycles. The summed E-state index contributed by atoms with van der Waals surface area (Å²) in [6.07, 6.45) is -3.25. The smallest absolute Gasteiger partial charge is 0.417 e. The molecular formula is C21H23F3N4O. The van der Waals surface area contributed by atoms with Crippen molar-refractivity contribution in [2.45, 2.75) is 19.6 Å². The number of benzene rings is 1. The number of hydrogen-bond acceptors (Lipinski definition) is 4. The molecule has 0 unspecified atom stereocenters. The van der Waals surface area contributed by atoms with Gasteiger partial charge in [0.15, 0.2) is 0 Å². The van der Waals surface area contributed by atoms with Crippen LogP contribution in [0.4, 0.5) is 13.2 Å². The maximum Gasteiger partial charge on any atom is 0.417 e. The lowest BCUT2D eigenvalue weighted by Gasteiger charge is -2.27. The Bertz CT molecular complexity index is 1020. The van der Waals surface area contributed by atoms with Crippen LogP contribution in [0.2, 0.25) is 0 Å². The van der Waals surface area contributed by atoms with E-state index in [9.17, 15) is 13.2 Å². The van der Waals surface area contributed by atoms with E-state index in [2.05, 4.69) is 15.2 Å². The highest BCUT2D eigenvalue weighted by Gasteiger charge is 2.31. The van der Waals surface area contributed by atoms with Crippen molar-refractivity contribution in [3.63, 3.8) is 0 Å². The lowest BCUT2D eigenvalue weighted by Crippen LogP contribution is -2.43. The van der Waals surface area contributed by atoms with Gasteiger partial charge in [-0.15, -0.1) is 0 Å². The van der Waals surface area contributed by atoms with Crippen LogP contribution in [0.15, 0.2) is 36.5 Å². The summed E-state index contributed by atoms with van der Waals surface area (Å²) in [5, 5.41) is 3.30. The number of fused-ring (bicyclic) bond motifs is 1. The zero-order valence-electron chi connectivity index (χ0n) is 16.4. The molecule has 1 saturated heterocycles. The maximum absolute atomic E-state index is 13.3. The van der Waals surface area contributed by atoms with Crippen LogP contribution in [0.25, 0.3) is 16.9 Å². The fourth-order valence-corrected chi connectivity index (χ4v) is 3.75. The topological polar surface area (TPSA) is 41.8 Å². The Kier molecular flexibility index (Phi) is 5.23. The number of nitrogens with one attached hydrogen (secondary N) is 1. The minimum Gasteiger partial charge on any atom is -0.496 e. The van der Waals surface area contributed by atoms with Crippen molar-refractivity contribution in [2.75, 3.05) is 33.3 Å². The highest BCUT2D eigenvalue weighted by atomic mass is 19.4. The van der Waals surface area contributed by atoms with E-state index in [0.717, 1.165) is 61.0 Å². The SMILES string of the molecule is COc1ccc(-c2nc3ccc(C(F)(F)F)cn3c2CN2CCNCC2)cc1C. The summed E-state index contributed by atoms with van der Waals surface area (Å²) >= 11 is 0. The fourth-order valence-electron chi connectivity index (χ4n) is 3.75. The molecule has 8 heteroatoms. The Labute approximate surface area is 167 Å². The van der Waals surface area contributed by atoms with Gasteiger partial charge in [0.2, 0.25) is 0 Å². The van der Waals surface area contributed by atoms with Gasteiger partial charge in [0, 0.05) is 44.5 Å². The summed E-state index contributed by atoms with van der Waals surface area (Å²) in [4.78, 5) is 6.92. The summed E-state index contributed by atoms with van der Waals surface area (Å²) in [5.41, 5.74) is 3.11. The number of ether oxygens (including phenoxy) is 1. The largest absolute Gasteiger partial charge is 0.496 e. The number of pyridine rings is 1. The summed E-state index contributed by atoms with van der Waals surface area (Å²) < 4.78 is 46.8. The summed E-state index contributed by atoms with van der Waals surface area (Å²) in [6, 6.07) is 8.25. The van der Waals surface area contributed by atoms with Crippen molar-refractivity contribution in [2.24, 2.45) is 0 Å². The van der Waals surface area contributed by atoms with E-state index < -0.39 is 11.7 Å². The zero-order valence-corrected chi connectivity index (χ0v) is 16.4. The average molecular weight is 404 g/mol. The predicted octanol–water partition coefficient (Wildman–Crippen LogP) is 3.74. The third-order valence-corrected chi connectivity index (χ3v) is 5.30. The summed E-state index contributed by atoms with van der Waals surface area (Å²) in [6.45, 7) is 5.88. The first kappa shape index (κ1) is 19.7. The highest BCUT2D eigenvalue weighted by Crippen LogP contribution is 2.33. The number of halogens is 3. The molecule has 3 aromatic rings. The number of alkyl halides is 3. The molecule has 29 heavy (non-hydrogen) atoms. The van der Waals surface area contributed by atoms with Gasteiger partial charge in [0.25, 0.3) is 0 Å². The van der Waals surface area contributed by atoms with Crippen LogP contribution in [0.5, 0.6) is 5.75 Å². The van der Waals surface area contributed by atoms with E-state index >= 15 is 0 Å². The van der Waals surface area contributed by atoms with Crippen molar-refractivity contribution < 1.29 is 17.9 Å². The number of piperazine rings is 1. The number of imidazole rings is 1. The summed E-state index contributed by atoms with van der Waals surface area (Å²) in [7, 11) is 1.61. The number of aryl methyl sites for hydroxylation is 1. The van der Waals surface area contributed by atoms with Crippen LogP contribution in [-0.4, -0.2) is 47.6 Å². The molecule has 1 aromatic carbocycles. The Morgan fingerprint density at radius 2 is 1.90 bits per heavy atom. The molecule has 5 nitrogen and oxygen atoms in total. The van der Waals surface area contributed by atoms with Gasteiger partial charge in [-0.1, -0.05) is 0 Å². The van der Waals surface area contributed by atoms with Crippen LogP contribution in [-0.2, 0) is 12.7 Å². The van der Waals surface area contributed by atoms with Gasteiger partial charge in [-0.05, 0) is 42.8 Å². The molecule has 0 atom stereocenters. The third-order valence-electron chi connectivity index (χ3n) is 5.30. The van der Waals surface area contributed by atoms with Crippen molar-refractivity contribution >= 4 is 5.65 Å². The molecule has 1 N–H and O–H groups in total. The molecule has 4 rings (SSSR count). The number of methoxy groups -OCH3 is 1. The molecule has 1 aliphatic rings. The first-order valence-electron chi connectivity index (χ1n) is 9.53. The molecule has 0 bridgehead atoms. The standard InChI is InChI=1S/C21H23F3N4O/c1-14-11-15(3-5-18(14)29-2)20-17(13-27-9-7-25-8-10-27)28-12-16(21(22,23)24)4-6-19(28)26-20/h3-6,11-12,25H,7-10,13H2,1-2H3. The number of nitrogens with zero attached hydrogens (tertiary/aromatic N) is 3. The second-order valence-electron chi connectivity index (χ2n) is 7.26. The average Bonchev–Trinajstić information content (AvgIpc) is 3.06. The highest BCUT2D eigenvalue weighted by molar-refractivity contribution is 5.68. The molecule has 0 saturated carbocycles. The molecule has 154 valence electrons. The number of hydrogen-bond donors (Lipinski definition) is 1. The maximum atomic E-state index is 13.3. The normalized spacial score (nSPS) is 15.8. The third kappa shape index (κ3) is 3.95. The van der Waals surface area contributed by atoms with Crippen LogP contribution in [0.1, 0.15) is 16.8 Å². The Morgan fingerprint density at radius 3 is 2.55 bits per heavy atom. The minimum atomic E-state index is -4.40. The zero-order chi connectivity index (χ0) is 20.6. The number of rotatable bonds is 4. The first-order valence-corrected chi connectivity index (χ1v) is 9.53. The van der Waals surface area contributed by atoms with Gasteiger partial charge < -0.3 is 14.5 Å². The molecular weight excluding hydrogens is 381 g/mol. The molecule has 0 spiro atoms. The Hall–Kier alpha value is -2.58. The van der Waals surface area contributed by atoms with E-state index in [1.807, 2.05) is 25.1 Å². The quantitative estimate of drug-likeness (QED) is 0.719. The Balaban J connectivity index is 1.85. The molecule has 3 heterocycles. The minimum absolute atomic E-state index is 0.506. The van der Waals surface area contributed by atoms with Gasteiger partial charge in [-0.25, -0.2) is 4.98 Å². The summed E-state index contributed by atoms with van der Waals surface area (Å²) in [5.74, 6) is 0.764. The van der Waals surface area contributed by atoms with Crippen LogP contribution in [0.3, 0.4) is 0 Å². The van der Waals surface area contributed by atoms with Gasteiger partial charge in [0.1, 0.15) is 11.4 Å². The lowest BCUT2D eigenvalue weighted by molar-refractivity contribution is -0.137. The first-order chi connectivity index (χ1) is 13.9. The molecule has 1 aliphatic heterocycles. The van der Waals surface area contributed by atoms with Crippen molar-refractivity contribution in [3.8, 4) is 17.0 Å². The van der Waals surface area contributed by atoms with Gasteiger partial charge in [-0.3, -0.25) is 4.90 Å². The van der Waals surface area contributed by atoms with E-state index in [1.54, 1.807) is 11.5 Å². The lowest BCUT2D eigenvalue weighted by atomic mass is 10.1. The Morgan fingerprint density at radius 1 is 1.14 bits per heavy atom. The second kappa shape index (κ2) is 7.68.